The molecule has 0 aromatic carbocycles. The van der Waals surface area contributed by atoms with E-state index in [1.165, 1.54) is 64.2 Å². The van der Waals surface area contributed by atoms with E-state index in [0.717, 1.165) is 38.5 Å². The van der Waals surface area contributed by atoms with Crippen molar-refractivity contribution in [2.45, 2.75) is 179 Å². The van der Waals surface area contributed by atoms with Crippen molar-refractivity contribution in [2.75, 3.05) is 19.0 Å². The SMILES string of the molecule is CCCCCCCCCCCCC(=O)O[C@H](COC(=O)CCCCCCCCCC)CO[C@@H]1O[C@H](CS(=O)(=O)O)[C@@H](O)[C@H](O)[C@H]1O. The fraction of sp³-hybridized carbons (Fsp3) is 0.939. The van der Waals surface area contributed by atoms with Gasteiger partial charge in [0.2, 0.25) is 0 Å². The number of aliphatic hydroxyl groups excluding tert-OH is 3. The number of hydrogen-bond acceptors (Lipinski definition) is 11. The molecule has 1 rings (SSSR count). The van der Waals surface area contributed by atoms with Gasteiger partial charge in [-0.25, -0.2) is 0 Å². The van der Waals surface area contributed by atoms with Crippen LogP contribution in [0.25, 0.3) is 0 Å². The van der Waals surface area contributed by atoms with Crippen molar-refractivity contribution in [3.05, 3.63) is 0 Å². The van der Waals surface area contributed by atoms with Gasteiger partial charge in [-0.1, -0.05) is 117 Å². The van der Waals surface area contributed by atoms with E-state index in [0.29, 0.717) is 12.8 Å². The number of hydrogen-bond donors (Lipinski definition) is 4. The topological polar surface area (TPSA) is 186 Å². The molecule has 1 heterocycles. The molecule has 0 radical (unpaired) electrons. The molecule has 1 aliphatic rings. The molecule has 0 amide bonds. The third-order valence-corrected chi connectivity index (χ3v) is 8.94. The van der Waals surface area contributed by atoms with Crippen molar-refractivity contribution in [3.63, 3.8) is 0 Å². The van der Waals surface area contributed by atoms with Gasteiger partial charge in [-0.2, -0.15) is 8.42 Å². The van der Waals surface area contributed by atoms with E-state index in [9.17, 15) is 33.3 Å². The van der Waals surface area contributed by atoms with E-state index < -0.39 is 71.2 Å². The largest absolute Gasteiger partial charge is 0.462 e. The van der Waals surface area contributed by atoms with Crippen LogP contribution in [0.2, 0.25) is 0 Å². The zero-order valence-electron chi connectivity index (χ0n) is 28.2. The molecule has 46 heavy (non-hydrogen) atoms. The molecule has 1 aliphatic heterocycles. The van der Waals surface area contributed by atoms with Crippen LogP contribution >= 0.6 is 0 Å². The van der Waals surface area contributed by atoms with Crippen LogP contribution in [-0.4, -0.2) is 96.0 Å². The molecule has 1 saturated heterocycles. The van der Waals surface area contributed by atoms with Crippen LogP contribution in [-0.2, 0) is 38.7 Å². The van der Waals surface area contributed by atoms with E-state index in [1.807, 2.05) is 0 Å². The maximum Gasteiger partial charge on any atom is 0.306 e. The first-order valence-electron chi connectivity index (χ1n) is 17.6. The molecule has 6 atom stereocenters. The Morgan fingerprint density at radius 3 is 1.59 bits per heavy atom. The first-order valence-corrected chi connectivity index (χ1v) is 19.2. The Morgan fingerprint density at radius 1 is 0.652 bits per heavy atom. The second-order valence-corrected chi connectivity index (χ2v) is 14.0. The number of carbonyl (C=O) groups is 2. The highest BCUT2D eigenvalue weighted by Crippen LogP contribution is 2.24. The van der Waals surface area contributed by atoms with Gasteiger partial charge in [0.15, 0.2) is 12.4 Å². The average Bonchev–Trinajstić information content (AvgIpc) is 3.00. The molecule has 12 nitrogen and oxygen atoms in total. The first-order chi connectivity index (χ1) is 22.0. The Morgan fingerprint density at radius 2 is 1.11 bits per heavy atom. The van der Waals surface area contributed by atoms with Gasteiger partial charge < -0.3 is 34.3 Å². The lowest BCUT2D eigenvalue weighted by Crippen LogP contribution is -2.60. The number of unbranched alkanes of at least 4 members (excludes halogenated alkanes) is 16. The molecule has 0 aliphatic carbocycles. The normalized spacial score (nSPS) is 22.4. The van der Waals surface area contributed by atoms with E-state index in [1.54, 1.807) is 0 Å². The Balaban J connectivity index is 2.58. The number of ether oxygens (including phenoxy) is 4. The van der Waals surface area contributed by atoms with Gasteiger partial charge in [0.05, 0.1) is 6.61 Å². The molecule has 0 saturated carbocycles. The maximum atomic E-state index is 12.6. The second kappa shape index (κ2) is 25.6. The van der Waals surface area contributed by atoms with Gasteiger partial charge in [-0.3, -0.25) is 14.1 Å². The summed E-state index contributed by atoms with van der Waals surface area (Å²) in [5, 5.41) is 30.6. The fourth-order valence-corrected chi connectivity index (χ4v) is 6.07. The van der Waals surface area contributed by atoms with Crippen molar-refractivity contribution in [3.8, 4) is 0 Å². The summed E-state index contributed by atoms with van der Waals surface area (Å²) >= 11 is 0. The molecule has 0 aromatic heterocycles. The van der Waals surface area contributed by atoms with Gasteiger partial charge in [0.25, 0.3) is 10.1 Å². The second-order valence-electron chi connectivity index (χ2n) is 12.5. The van der Waals surface area contributed by atoms with E-state index >= 15 is 0 Å². The predicted octanol–water partition coefficient (Wildman–Crippen LogP) is 5.00. The number of aliphatic hydroxyl groups is 3. The molecule has 1 fully saturated rings. The minimum absolute atomic E-state index is 0.170. The third-order valence-electron chi connectivity index (χ3n) is 8.19. The molecule has 0 unspecified atom stereocenters. The van der Waals surface area contributed by atoms with Crippen molar-refractivity contribution >= 4 is 22.1 Å². The molecule has 4 N–H and O–H groups in total. The summed E-state index contributed by atoms with van der Waals surface area (Å²) < 4.78 is 53.5. The summed E-state index contributed by atoms with van der Waals surface area (Å²) in [5.41, 5.74) is 0. The van der Waals surface area contributed by atoms with Gasteiger partial charge in [-0.05, 0) is 12.8 Å². The van der Waals surface area contributed by atoms with Crippen LogP contribution in [0.4, 0.5) is 0 Å². The lowest BCUT2D eigenvalue weighted by Gasteiger charge is -2.40. The van der Waals surface area contributed by atoms with Crippen LogP contribution in [0.3, 0.4) is 0 Å². The van der Waals surface area contributed by atoms with Crippen LogP contribution in [0.15, 0.2) is 0 Å². The summed E-state index contributed by atoms with van der Waals surface area (Å²) in [6, 6.07) is 0. The van der Waals surface area contributed by atoms with E-state index in [2.05, 4.69) is 13.8 Å². The van der Waals surface area contributed by atoms with Gasteiger partial charge >= 0.3 is 11.9 Å². The van der Waals surface area contributed by atoms with Gasteiger partial charge in [-0.15, -0.1) is 0 Å². The van der Waals surface area contributed by atoms with E-state index in [4.69, 9.17) is 23.5 Å². The quantitative estimate of drug-likeness (QED) is 0.0493. The third kappa shape index (κ3) is 20.8. The Bertz CT molecular complexity index is 899. The Kier molecular flexibility index (Phi) is 23.8. The molecule has 0 spiro atoms. The standard InChI is InChI=1S/C33H62O12S/c1-3-5-7-9-11-13-14-16-18-20-22-29(35)44-26(23-42-28(34)21-19-17-15-12-10-8-6-4-2)24-43-33-32(38)31(37)30(36)27(45-33)25-46(39,40)41/h26-27,30-33,36-38H,3-25H2,1-2H3,(H,39,40,41)/t26-,27-,30-,31+,32-,33-/m1/s1. The smallest absolute Gasteiger partial charge is 0.306 e. The van der Waals surface area contributed by atoms with Crippen molar-refractivity contribution in [1.82, 2.24) is 0 Å². The predicted molar refractivity (Wildman–Crippen MR) is 174 cm³/mol. The van der Waals surface area contributed by atoms with E-state index in [-0.39, 0.29) is 19.4 Å². The zero-order chi connectivity index (χ0) is 34.2. The first kappa shape index (κ1) is 42.7. The molecule has 13 heteroatoms. The lowest BCUT2D eigenvalue weighted by molar-refractivity contribution is -0.297. The minimum atomic E-state index is -4.59. The van der Waals surface area contributed by atoms with Crippen LogP contribution in [0, 0.1) is 0 Å². The maximum absolute atomic E-state index is 12.6. The monoisotopic (exact) mass is 682 g/mol. The summed E-state index contributed by atoms with van der Waals surface area (Å²) in [5.74, 6) is -1.98. The Labute approximate surface area is 276 Å². The molecule has 0 aromatic rings. The fourth-order valence-electron chi connectivity index (χ4n) is 5.38. The van der Waals surface area contributed by atoms with Gasteiger partial charge in [0, 0.05) is 12.8 Å². The average molecular weight is 683 g/mol. The molecular weight excluding hydrogens is 620 g/mol. The van der Waals surface area contributed by atoms with Crippen LogP contribution in [0.5, 0.6) is 0 Å². The highest BCUT2D eigenvalue weighted by Gasteiger charge is 2.46. The Hall–Kier alpha value is -1.35. The lowest BCUT2D eigenvalue weighted by atomic mass is 10.00. The van der Waals surface area contributed by atoms with Crippen molar-refractivity contribution in [1.29, 1.82) is 0 Å². The summed E-state index contributed by atoms with van der Waals surface area (Å²) in [4.78, 5) is 25.0. The van der Waals surface area contributed by atoms with Crippen molar-refractivity contribution in [2.24, 2.45) is 0 Å². The number of carbonyl (C=O) groups excluding carboxylic acids is 2. The molecule has 272 valence electrons. The summed E-state index contributed by atoms with van der Waals surface area (Å²) in [6.07, 6.45) is 10.5. The molecular formula is C33H62O12S. The van der Waals surface area contributed by atoms with Crippen molar-refractivity contribution < 1.29 is 56.8 Å². The number of rotatable bonds is 28. The highest BCUT2D eigenvalue weighted by molar-refractivity contribution is 7.85. The summed E-state index contributed by atoms with van der Waals surface area (Å²) in [6.45, 7) is 3.66. The minimum Gasteiger partial charge on any atom is -0.462 e. The van der Waals surface area contributed by atoms with Gasteiger partial charge in [0.1, 0.15) is 36.8 Å². The zero-order valence-corrected chi connectivity index (χ0v) is 29.0. The van der Waals surface area contributed by atoms with Crippen LogP contribution in [0.1, 0.15) is 142 Å². The number of esters is 2. The summed E-state index contributed by atoms with van der Waals surface area (Å²) in [7, 11) is -4.59. The molecule has 0 bridgehead atoms. The highest BCUT2D eigenvalue weighted by atomic mass is 32.2. The van der Waals surface area contributed by atoms with Crippen LogP contribution < -0.4 is 0 Å².